The summed E-state index contributed by atoms with van der Waals surface area (Å²) < 4.78 is 7.16. The Morgan fingerprint density at radius 1 is 0.931 bits per heavy atom. The number of piperazine rings is 1. The molecule has 1 aliphatic rings. The first-order chi connectivity index (χ1) is 14.2. The molecule has 148 valence electrons. The third-order valence-corrected chi connectivity index (χ3v) is 6.27. The Labute approximate surface area is 173 Å². The van der Waals surface area contributed by atoms with E-state index in [4.69, 9.17) is 9.40 Å². The lowest BCUT2D eigenvalue weighted by molar-refractivity contribution is 0.114. The molecule has 0 N–H and O–H groups in total. The van der Waals surface area contributed by atoms with E-state index in [1.54, 1.807) is 11.3 Å². The van der Waals surface area contributed by atoms with E-state index in [0.29, 0.717) is 18.3 Å². The van der Waals surface area contributed by atoms with Crippen LogP contribution in [0.15, 0.2) is 52.9 Å². The van der Waals surface area contributed by atoms with Crippen LogP contribution in [-0.4, -0.2) is 51.2 Å². The van der Waals surface area contributed by atoms with E-state index in [-0.39, 0.29) is 0 Å². The van der Waals surface area contributed by atoms with Crippen molar-refractivity contribution in [3.05, 3.63) is 65.0 Å². The molecule has 1 fully saturated rings. The average Bonchev–Trinajstić information content (AvgIpc) is 3.36. The maximum Gasteiger partial charge on any atom is 0.247 e. The standard InChI is InChI=1S/C22H23N5OS/c1-16-5-4-6-17(13-16)22-25-24-20(28-22)14-26-9-11-27(12-10-26)15-21-23-18-7-2-3-8-19(18)29-21/h2-8,13H,9-12,14-15H2,1H3. The molecule has 2 aromatic carbocycles. The quantitative estimate of drug-likeness (QED) is 0.501. The Morgan fingerprint density at radius 2 is 1.72 bits per heavy atom. The van der Waals surface area contributed by atoms with Gasteiger partial charge in [0.1, 0.15) is 5.01 Å². The minimum absolute atomic E-state index is 0.596. The van der Waals surface area contributed by atoms with E-state index in [9.17, 15) is 0 Å². The van der Waals surface area contributed by atoms with Crippen LogP contribution in [0.25, 0.3) is 21.7 Å². The summed E-state index contributed by atoms with van der Waals surface area (Å²) in [5.74, 6) is 1.28. The van der Waals surface area contributed by atoms with Gasteiger partial charge in [0.2, 0.25) is 11.8 Å². The second-order valence-electron chi connectivity index (χ2n) is 7.50. The molecule has 0 aliphatic carbocycles. The Balaban J connectivity index is 1.16. The van der Waals surface area contributed by atoms with Crippen molar-refractivity contribution in [2.24, 2.45) is 0 Å². The second kappa shape index (κ2) is 8.02. The van der Waals surface area contributed by atoms with Crippen molar-refractivity contribution in [3.8, 4) is 11.5 Å². The van der Waals surface area contributed by atoms with E-state index in [1.165, 1.54) is 15.3 Å². The van der Waals surface area contributed by atoms with E-state index in [2.05, 4.69) is 57.3 Å². The number of nitrogens with zero attached hydrogens (tertiary/aromatic N) is 5. The van der Waals surface area contributed by atoms with Gasteiger partial charge in [-0.15, -0.1) is 21.5 Å². The Hall–Kier alpha value is -2.61. The number of hydrogen-bond donors (Lipinski definition) is 0. The number of hydrogen-bond acceptors (Lipinski definition) is 7. The zero-order valence-corrected chi connectivity index (χ0v) is 17.2. The maximum atomic E-state index is 5.90. The zero-order valence-electron chi connectivity index (χ0n) is 16.4. The molecule has 0 spiro atoms. The van der Waals surface area contributed by atoms with E-state index < -0.39 is 0 Å². The first-order valence-corrected chi connectivity index (χ1v) is 10.7. The molecule has 0 bridgehead atoms. The number of thiazole rings is 1. The van der Waals surface area contributed by atoms with Gasteiger partial charge in [-0.25, -0.2) is 4.98 Å². The van der Waals surface area contributed by atoms with Crippen molar-refractivity contribution < 1.29 is 4.42 Å². The monoisotopic (exact) mass is 405 g/mol. The highest BCUT2D eigenvalue weighted by Gasteiger charge is 2.20. The summed E-state index contributed by atoms with van der Waals surface area (Å²) in [6.45, 7) is 7.72. The maximum absolute atomic E-state index is 5.90. The molecule has 7 heteroatoms. The third-order valence-electron chi connectivity index (χ3n) is 5.25. The van der Waals surface area contributed by atoms with Gasteiger partial charge in [-0.3, -0.25) is 9.80 Å². The van der Waals surface area contributed by atoms with Crippen LogP contribution in [0.5, 0.6) is 0 Å². The number of aromatic nitrogens is 3. The van der Waals surface area contributed by atoms with E-state index in [1.807, 2.05) is 18.2 Å². The van der Waals surface area contributed by atoms with Crippen LogP contribution in [-0.2, 0) is 13.1 Å². The van der Waals surface area contributed by atoms with E-state index >= 15 is 0 Å². The van der Waals surface area contributed by atoms with Crippen molar-refractivity contribution in [2.45, 2.75) is 20.0 Å². The summed E-state index contributed by atoms with van der Waals surface area (Å²) in [7, 11) is 0. The Morgan fingerprint density at radius 3 is 2.52 bits per heavy atom. The van der Waals surface area contributed by atoms with Gasteiger partial charge in [0.15, 0.2) is 0 Å². The second-order valence-corrected chi connectivity index (χ2v) is 8.61. The van der Waals surface area contributed by atoms with Crippen LogP contribution in [0.1, 0.15) is 16.5 Å². The van der Waals surface area contributed by atoms with Crippen LogP contribution in [0.4, 0.5) is 0 Å². The van der Waals surface area contributed by atoms with Crippen LogP contribution < -0.4 is 0 Å². The zero-order chi connectivity index (χ0) is 19.6. The van der Waals surface area contributed by atoms with Crippen molar-refractivity contribution in [1.29, 1.82) is 0 Å². The molecule has 2 aromatic heterocycles. The molecule has 5 rings (SSSR count). The van der Waals surface area contributed by atoms with Crippen molar-refractivity contribution in [3.63, 3.8) is 0 Å². The normalized spacial score (nSPS) is 15.9. The predicted molar refractivity (Wildman–Crippen MR) is 115 cm³/mol. The predicted octanol–water partition coefficient (Wildman–Crippen LogP) is 3.97. The first-order valence-electron chi connectivity index (χ1n) is 9.91. The topological polar surface area (TPSA) is 58.3 Å². The van der Waals surface area contributed by atoms with Crippen LogP contribution in [0.2, 0.25) is 0 Å². The van der Waals surface area contributed by atoms with Gasteiger partial charge in [0.25, 0.3) is 0 Å². The number of para-hydroxylation sites is 1. The Kier molecular flexibility index (Phi) is 5.10. The van der Waals surface area contributed by atoms with Gasteiger partial charge in [-0.05, 0) is 31.2 Å². The summed E-state index contributed by atoms with van der Waals surface area (Å²) in [4.78, 5) is 9.61. The fourth-order valence-electron chi connectivity index (χ4n) is 3.69. The molecule has 1 aliphatic heterocycles. The SMILES string of the molecule is Cc1cccc(-c2nnc(CN3CCN(Cc4nc5ccccc5s4)CC3)o2)c1. The first kappa shape index (κ1) is 18.4. The van der Waals surface area contributed by atoms with Gasteiger partial charge >= 0.3 is 0 Å². The Bertz CT molecular complexity index is 1080. The molecule has 0 saturated carbocycles. The van der Waals surface area contributed by atoms with Gasteiger partial charge in [0, 0.05) is 31.7 Å². The highest BCUT2D eigenvalue weighted by Crippen LogP contribution is 2.23. The van der Waals surface area contributed by atoms with Gasteiger partial charge in [-0.1, -0.05) is 29.8 Å². The van der Waals surface area contributed by atoms with Crippen molar-refractivity contribution >= 4 is 21.6 Å². The van der Waals surface area contributed by atoms with Crippen LogP contribution in [0, 0.1) is 6.92 Å². The van der Waals surface area contributed by atoms with Gasteiger partial charge in [0.05, 0.1) is 23.3 Å². The molecule has 3 heterocycles. The minimum atomic E-state index is 0.596. The molecule has 0 radical (unpaired) electrons. The lowest BCUT2D eigenvalue weighted by atomic mass is 10.1. The fraction of sp³-hybridized carbons (Fsp3) is 0.318. The van der Waals surface area contributed by atoms with Crippen LogP contribution >= 0.6 is 11.3 Å². The van der Waals surface area contributed by atoms with Crippen molar-refractivity contribution in [1.82, 2.24) is 25.0 Å². The van der Waals surface area contributed by atoms with Crippen LogP contribution in [0.3, 0.4) is 0 Å². The third kappa shape index (κ3) is 4.22. The number of rotatable bonds is 5. The molecule has 4 aromatic rings. The highest BCUT2D eigenvalue weighted by atomic mass is 32.1. The smallest absolute Gasteiger partial charge is 0.247 e. The molecule has 6 nitrogen and oxygen atoms in total. The molecule has 0 atom stereocenters. The van der Waals surface area contributed by atoms with Gasteiger partial charge in [-0.2, -0.15) is 0 Å². The summed E-state index contributed by atoms with van der Waals surface area (Å²) in [6, 6.07) is 16.5. The van der Waals surface area contributed by atoms with Crippen molar-refractivity contribution in [2.75, 3.05) is 26.2 Å². The lowest BCUT2D eigenvalue weighted by Crippen LogP contribution is -2.45. The lowest BCUT2D eigenvalue weighted by Gasteiger charge is -2.33. The average molecular weight is 406 g/mol. The summed E-state index contributed by atoms with van der Waals surface area (Å²) in [5, 5.41) is 9.66. The fourth-order valence-corrected chi connectivity index (χ4v) is 4.70. The summed E-state index contributed by atoms with van der Waals surface area (Å²) in [6.07, 6.45) is 0. The molecule has 0 unspecified atom stereocenters. The molecule has 29 heavy (non-hydrogen) atoms. The summed E-state index contributed by atoms with van der Waals surface area (Å²) >= 11 is 1.80. The van der Waals surface area contributed by atoms with E-state index in [0.717, 1.165) is 43.8 Å². The van der Waals surface area contributed by atoms with Gasteiger partial charge < -0.3 is 4.42 Å². The number of benzene rings is 2. The largest absolute Gasteiger partial charge is 0.419 e. The molecular formula is C22H23N5OS. The summed E-state index contributed by atoms with van der Waals surface area (Å²) in [5.41, 5.74) is 3.27. The number of aryl methyl sites for hydroxylation is 1. The minimum Gasteiger partial charge on any atom is -0.419 e. The highest BCUT2D eigenvalue weighted by molar-refractivity contribution is 7.18. The molecular weight excluding hydrogens is 382 g/mol. The number of fused-ring (bicyclic) bond motifs is 1. The molecule has 0 amide bonds. The molecule has 1 saturated heterocycles.